The van der Waals surface area contributed by atoms with Crippen molar-refractivity contribution in [2.24, 2.45) is 0 Å². The van der Waals surface area contributed by atoms with Gasteiger partial charge in [0.05, 0.1) is 5.69 Å². The van der Waals surface area contributed by atoms with E-state index in [1.807, 2.05) is 6.07 Å². The first kappa shape index (κ1) is 8.93. The molecule has 0 unspecified atom stereocenters. The fraction of sp³-hybridized carbons (Fsp3) is 0.500. The summed E-state index contributed by atoms with van der Waals surface area (Å²) in [7, 11) is 0. The second-order valence-electron chi connectivity index (χ2n) is 2.99. The average Bonchev–Trinajstić information content (AvgIpc) is 2.03. The number of nitrogens with two attached hydrogens (primary N) is 1. The van der Waals surface area contributed by atoms with Gasteiger partial charge in [-0.1, -0.05) is 13.8 Å². The summed E-state index contributed by atoms with van der Waals surface area (Å²) in [4.78, 5) is 0. The molecule has 0 bridgehead atoms. The topological polar surface area (TPSA) is 63.8 Å². The summed E-state index contributed by atoms with van der Waals surface area (Å²) in [5, 5.41) is 10.9. The highest BCUT2D eigenvalue weighted by atomic mass is 15.1. The van der Waals surface area contributed by atoms with Crippen LogP contribution in [0.4, 0.5) is 5.82 Å². The van der Waals surface area contributed by atoms with Crippen molar-refractivity contribution in [3.8, 4) is 0 Å². The van der Waals surface area contributed by atoms with Gasteiger partial charge in [0.2, 0.25) is 0 Å². The van der Waals surface area contributed by atoms with Crippen LogP contribution in [0.1, 0.15) is 19.5 Å². The zero-order valence-corrected chi connectivity index (χ0v) is 7.41. The van der Waals surface area contributed by atoms with E-state index in [2.05, 4.69) is 29.4 Å². The summed E-state index contributed by atoms with van der Waals surface area (Å²) in [6.07, 6.45) is 0. The number of nitrogen functional groups attached to an aromatic ring is 1. The molecule has 0 fully saturated rings. The molecule has 66 valence electrons. The third kappa shape index (κ3) is 2.84. The molecule has 0 aromatic carbocycles. The van der Waals surface area contributed by atoms with Crippen molar-refractivity contribution in [3.63, 3.8) is 0 Å². The van der Waals surface area contributed by atoms with Crippen molar-refractivity contribution in [1.29, 1.82) is 0 Å². The zero-order chi connectivity index (χ0) is 8.97. The number of nitrogens with zero attached hydrogens (tertiary/aromatic N) is 2. The Morgan fingerprint density at radius 3 is 2.67 bits per heavy atom. The molecule has 0 amide bonds. The molecule has 0 aliphatic heterocycles. The lowest BCUT2D eigenvalue weighted by Crippen LogP contribution is -2.22. The van der Waals surface area contributed by atoms with Crippen molar-refractivity contribution in [1.82, 2.24) is 15.5 Å². The van der Waals surface area contributed by atoms with Crippen molar-refractivity contribution >= 4 is 5.82 Å². The molecule has 0 saturated heterocycles. The zero-order valence-electron chi connectivity index (χ0n) is 7.41. The minimum atomic E-state index is 0.461. The summed E-state index contributed by atoms with van der Waals surface area (Å²) in [5.41, 5.74) is 6.30. The predicted octanol–water partition coefficient (Wildman–Crippen LogP) is 0.557. The smallest absolute Gasteiger partial charge is 0.146 e. The number of hydrogen-bond donors (Lipinski definition) is 2. The number of rotatable bonds is 3. The largest absolute Gasteiger partial charge is 0.382 e. The Bertz CT molecular complexity index is 229. The minimum absolute atomic E-state index is 0.461. The van der Waals surface area contributed by atoms with Gasteiger partial charge in [-0.25, -0.2) is 0 Å². The molecule has 4 nitrogen and oxygen atoms in total. The fourth-order valence-corrected chi connectivity index (χ4v) is 0.773. The van der Waals surface area contributed by atoms with Gasteiger partial charge in [0.15, 0.2) is 0 Å². The molecular weight excluding hydrogens is 152 g/mol. The van der Waals surface area contributed by atoms with Crippen LogP contribution in [0.15, 0.2) is 12.1 Å². The molecule has 0 aliphatic carbocycles. The van der Waals surface area contributed by atoms with E-state index in [1.54, 1.807) is 6.07 Å². The van der Waals surface area contributed by atoms with Crippen molar-refractivity contribution in [2.45, 2.75) is 26.4 Å². The first-order chi connectivity index (χ1) is 5.68. The standard InChI is InChI=1S/C8H14N4/c1-6(2)10-5-7-3-4-8(9)12-11-7/h3-4,6,10H,5H2,1-2H3,(H2,9,12). The van der Waals surface area contributed by atoms with Crippen LogP contribution < -0.4 is 11.1 Å². The second kappa shape index (κ2) is 4.01. The van der Waals surface area contributed by atoms with Crippen molar-refractivity contribution in [3.05, 3.63) is 17.8 Å². The highest BCUT2D eigenvalue weighted by molar-refractivity contribution is 5.25. The highest BCUT2D eigenvalue weighted by Crippen LogP contribution is 1.96. The van der Waals surface area contributed by atoms with E-state index in [1.165, 1.54) is 0 Å². The van der Waals surface area contributed by atoms with Crippen LogP contribution >= 0.6 is 0 Å². The predicted molar refractivity (Wildman–Crippen MR) is 48.4 cm³/mol. The van der Waals surface area contributed by atoms with Gasteiger partial charge in [0.1, 0.15) is 5.82 Å². The van der Waals surface area contributed by atoms with Gasteiger partial charge in [0.25, 0.3) is 0 Å². The van der Waals surface area contributed by atoms with Gasteiger partial charge < -0.3 is 11.1 Å². The van der Waals surface area contributed by atoms with Crippen LogP contribution in [0.3, 0.4) is 0 Å². The van der Waals surface area contributed by atoms with Gasteiger partial charge >= 0.3 is 0 Å². The maximum atomic E-state index is 5.39. The number of anilines is 1. The molecule has 4 heteroatoms. The van der Waals surface area contributed by atoms with E-state index in [0.717, 1.165) is 12.2 Å². The lowest BCUT2D eigenvalue weighted by molar-refractivity contribution is 0.578. The van der Waals surface area contributed by atoms with Crippen LogP contribution in [-0.2, 0) is 6.54 Å². The summed E-state index contributed by atoms with van der Waals surface area (Å²) in [6, 6.07) is 4.09. The van der Waals surface area contributed by atoms with E-state index in [-0.39, 0.29) is 0 Å². The number of nitrogens with one attached hydrogen (secondary N) is 1. The van der Waals surface area contributed by atoms with Crippen LogP contribution in [-0.4, -0.2) is 16.2 Å². The lowest BCUT2D eigenvalue weighted by atomic mass is 10.3. The summed E-state index contributed by atoms with van der Waals surface area (Å²) < 4.78 is 0. The van der Waals surface area contributed by atoms with Crippen LogP contribution in [0.5, 0.6) is 0 Å². The van der Waals surface area contributed by atoms with Gasteiger partial charge in [-0.15, -0.1) is 5.10 Å². The molecule has 0 radical (unpaired) electrons. The number of aromatic nitrogens is 2. The maximum Gasteiger partial charge on any atom is 0.146 e. The van der Waals surface area contributed by atoms with Crippen molar-refractivity contribution < 1.29 is 0 Å². The Kier molecular flexibility index (Phi) is 2.99. The van der Waals surface area contributed by atoms with E-state index >= 15 is 0 Å². The summed E-state index contributed by atoms with van der Waals surface area (Å²) >= 11 is 0. The van der Waals surface area contributed by atoms with Crippen LogP contribution in [0.25, 0.3) is 0 Å². The van der Waals surface area contributed by atoms with E-state index in [0.29, 0.717) is 11.9 Å². The average molecular weight is 166 g/mol. The molecule has 1 heterocycles. The van der Waals surface area contributed by atoms with E-state index in [4.69, 9.17) is 5.73 Å². The Balaban J connectivity index is 2.48. The van der Waals surface area contributed by atoms with Gasteiger partial charge in [-0.05, 0) is 12.1 Å². The van der Waals surface area contributed by atoms with E-state index < -0.39 is 0 Å². The molecule has 1 aromatic heterocycles. The highest BCUT2D eigenvalue weighted by Gasteiger charge is 1.96. The Hall–Kier alpha value is -1.16. The van der Waals surface area contributed by atoms with Crippen LogP contribution in [0, 0.1) is 0 Å². The quantitative estimate of drug-likeness (QED) is 0.688. The van der Waals surface area contributed by atoms with Gasteiger partial charge in [0, 0.05) is 12.6 Å². The van der Waals surface area contributed by atoms with Gasteiger partial charge in [-0.2, -0.15) is 5.10 Å². The molecule has 1 rings (SSSR count). The second-order valence-corrected chi connectivity index (χ2v) is 2.99. The fourth-order valence-electron chi connectivity index (χ4n) is 0.773. The molecule has 0 atom stereocenters. The molecule has 3 N–H and O–H groups in total. The maximum absolute atomic E-state index is 5.39. The first-order valence-electron chi connectivity index (χ1n) is 4.00. The number of hydrogen-bond acceptors (Lipinski definition) is 4. The first-order valence-corrected chi connectivity index (χ1v) is 4.00. The Morgan fingerprint density at radius 2 is 2.17 bits per heavy atom. The molecular formula is C8H14N4. The Labute approximate surface area is 72.2 Å². The molecule has 12 heavy (non-hydrogen) atoms. The van der Waals surface area contributed by atoms with Crippen LogP contribution in [0.2, 0.25) is 0 Å². The molecule has 0 spiro atoms. The SMILES string of the molecule is CC(C)NCc1ccc(N)nn1. The normalized spacial score (nSPS) is 10.6. The third-order valence-corrected chi connectivity index (χ3v) is 1.43. The summed E-state index contributed by atoms with van der Waals surface area (Å²) in [6.45, 7) is 4.92. The van der Waals surface area contributed by atoms with E-state index in [9.17, 15) is 0 Å². The molecule has 0 saturated carbocycles. The lowest BCUT2D eigenvalue weighted by Gasteiger charge is -2.06. The summed E-state index contributed by atoms with van der Waals surface area (Å²) in [5.74, 6) is 0.461. The van der Waals surface area contributed by atoms with Gasteiger partial charge in [-0.3, -0.25) is 0 Å². The molecule has 0 aliphatic rings. The Morgan fingerprint density at radius 1 is 1.42 bits per heavy atom. The monoisotopic (exact) mass is 166 g/mol. The molecule has 1 aromatic rings. The third-order valence-electron chi connectivity index (χ3n) is 1.43. The van der Waals surface area contributed by atoms with Crippen molar-refractivity contribution in [2.75, 3.05) is 5.73 Å². The minimum Gasteiger partial charge on any atom is -0.382 e.